The number of ether oxygens (including phenoxy) is 2. The lowest BCUT2D eigenvalue weighted by atomic mass is 10.1. The first-order valence-electron chi connectivity index (χ1n) is 11.9. The number of nitrogens with zero attached hydrogens (tertiary/aromatic N) is 3. The van der Waals surface area contributed by atoms with E-state index in [-0.39, 0.29) is 17.1 Å². The number of thioether (sulfide) groups is 1. The monoisotopic (exact) mass is 599 g/mol. The minimum absolute atomic E-state index is 0.0620. The first-order chi connectivity index (χ1) is 17.9. The summed E-state index contributed by atoms with van der Waals surface area (Å²) in [4.78, 5) is 36.1. The molecule has 0 bridgehead atoms. The van der Waals surface area contributed by atoms with E-state index in [4.69, 9.17) is 14.5 Å². The van der Waals surface area contributed by atoms with Crippen LogP contribution in [-0.4, -0.2) is 53.3 Å². The molecule has 7 nitrogen and oxygen atoms in total. The molecule has 0 fully saturated rings. The number of hydrogen-bond acceptors (Lipinski definition) is 8. The Labute approximate surface area is 231 Å². The zero-order valence-corrected chi connectivity index (χ0v) is 24.0. The lowest BCUT2D eigenvalue weighted by molar-refractivity contribution is 0.102. The molecule has 2 aromatic heterocycles. The number of rotatable bonds is 8. The van der Waals surface area contributed by atoms with Crippen LogP contribution in [0.2, 0.25) is 0 Å². The van der Waals surface area contributed by atoms with Gasteiger partial charge in [-0.05, 0) is 84.4 Å². The van der Waals surface area contributed by atoms with Crippen molar-refractivity contribution in [2.24, 2.45) is 0 Å². The molecule has 0 radical (unpaired) electrons. The number of carbonyl (C=O) groups excluding carboxylic acids is 1. The van der Waals surface area contributed by atoms with Gasteiger partial charge in [-0.15, -0.1) is 11.3 Å². The Bertz CT molecular complexity index is 1530. The molecule has 3 heterocycles. The van der Waals surface area contributed by atoms with E-state index in [1.54, 1.807) is 41.2 Å². The Morgan fingerprint density at radius 1 is 1.22 bits per heavy atom. The first-order valence-corrected chi connectivity index (χ1v) is 14.5. The van der Waals surface area contributed by atoms with Crippen LogP contribution in [0.25, 0.3) is 15.9 Å². The van der Waals surface area contributed by atoms with Crippen molar-refractivity contribution < 1.29 is 14.3 Å². The number of halogens is 1. The molecule has 1 aliphatic heterocycles. The van der Waals surface area contributed by atoms with Crippen LogP contribution >= 0.6 is 39.0 Å². The molecule has 0 saturated heterocycles. The number of hydrogen-bond donors (Lipinski definition) is 0. The van der Waals surface area contributed by atoms with Crippen LogP contribution in [0.4, 0.5) is 0 Å². The summed E-state index contributed by atoms with van der Waals surface area (Å²) >= 11 is 6.29. The highest BCUT2D eigenvalue weighted by atomic mass is 79.9. The molecule has 192 valence electrons. The zero-order chi connectivity index (χ0) is 26.1. The van der Waals surface area contributed by atoms with Crippen molar-refractivity contribution in [1.29, 1.82) is 0 Å². The maximum atomic E-state index is 14.0. The number of thiophene rings is 1. The lowest BCUT2D eigenvalue weighted by Gasteiger charge is -2.21. The summed E-state index contributed by atoms with van der Waals surface area (Å²) in [6, 6.07) is 12.7. The molecule has 4 aromatic rings. The number of benzene rings is 2. The summed E-state index contributed by atoms with van der Waals surface area (Å²) in [5.41, 5.74) is 2.26. The molecule has 5 rings (SSSR count). The van der Waals surface area contributed by atoms with Crippen molar-refractivity contribution in [3.63, 3.8) is 0 Å². The van der Waals surface area contributed by atoms with Gasteiger partial charge in [0.1, 0.15) is 16.3 Å². The van der Waals surface area contributed by atoms with E-state index in [0.29, 0.717) is 38.6 Å². The highest BCUT2D eigenvalue weighted by Crippen LogP contribution is 2.34. The van der Waals surface area contributed by atoms with Gasteiger partial charge in [-0.1, -0.05) is 11.8 Å². The van der Waals surface area contributed by atoms with Crippen molar-refractivity contribution in [3.05, 3.63) is 73.3 Å². The summed E-state index contributed by atoms with van der Waals surface area (Å²) in [7, 11) is 3.67. The van der Waals surface area contributed by atoms with Crippen LogP contribution in [0.1, 0.15) is 27.7 Å². The Kier molecular flexibility index (Phi) is 7.71. The van der Waals surface area contributed by atoms with Gasteiger partial charge in [-0.3, -0.25) is 14.2 Å². The molecule has 0 amide bonds. The molecule has 0 spiro atoms. The second-order valence-electron chi connectivity index (χ2n) is 8.69. The molecule has 1 aliphatic rings. The number of carbonyl (C=O) groups is 1. The average molecular weight is 601 g/mol. The van der Waals surface area contributed by atoms with Crippen molar-refractivity contribution in [2.75, 3.05) is 33.1 Å². The normalized spacial score (nSPS) is 13.5. The predicted molar refractivity (Wildman–Crippen MR) is 152 cm³/mol. The van der Waals surface area contributed by atoms with Crippen LogP contribution < -0.4 is 15.0 Å². The third-order valence-electron chi connectivity index (χ3n) is 6.25. The number of Topliss-reactive ketones (excluding diaryl/α,β-unsaturated/α-hetero) is 1. The van der Waals surface area contributed by atoms with Crippen molar-refractivity contribution >= 4 is 55.0 Å². The van der Waals surface area contributed by atoms with E-state index in [9.17, 15) is 9.59 Å². The minimum atomic E-state index is -0.0987. The molecule has 2 aromatic carbocycles. The Balaban J connectivity index is 1.55. The standard InChI is InChI=1S/C27H26BrN3O4S2/c1-4-35-18-8-6-17(7-9-18)31-26(33)24-19-11-12-30(2)14-23(19)37-25(24)29-27(31)36-15-21(32)16-5-10-22(34-3)20(28)13-16/h5-10,13H,4,11-12,14-15H2,1-3H3. The fraction of sp³-hybridized carbons (Fsp3) is 0.296. The minimum Gasteiger partial charge on any atom is -0.496 e. The Morgan fingerprint density at radius 2 is 2.00 bits per heavy atom. The summed E-state index contributed by atoms with van der Waals surface area (Å²) in [5, 5.41) is 1.19. The van der Waals surface area contributed by atoms with Crippen LogP contribution in [0.3, 0.4) is 0 Å². The van der Waals surface area contributed by atoms with E-state index < -0.39 is 0 Å². The van der Waals surface area contributed by atoms with Gasteiger partial charge >= 0.3 is 0 Å². The summed E-state index contributed by atoms with van der Waals surface area (Å²) < 4.78 is 13.2. The topological polar surface area (TPSA) is 73.7 Å². The average Bonchev–Trinajstić information content (AvgIpc) is 3.25. The maximum Gasteiger partial charge on any atom is 0.267 e. The maximum absolute atomic E-state index is 14.0. The quantitative estimate of drug-likeness (QED) is 0.149. The van der Waals surface area contributed by atoms with Crippen LogP contribution in [-0.2, 0) is 13.0 Å². The predicted octanol–water partition coefficient (Wildman–Crippen LogP) is 5.58. The van der Waals surface area contributed by atoms with E-state index in [1.165, 1.54) is 16.6 Å². The van der Waals surface area contributed by atoms with E-state index in [2.05, 4.69) is 27.9 Å². The van der Waals surface area contributed by atoms with E-state index in [1.807, 2.05) is 31.2 Å². The van der Waals surface area contributed by atoms with Gasteiger partial charge in [0.15, 0.2) is 10.9 Å². The van der Waals surface area contributed by atoms with Gasteiger partial charge in [-0.2, -0.15) is 0 Å². The molecule has 10 heteroatoms. The third kappa shape index (κ3) is 5.20. The van der Waals surface area contributed by atoms with Crippen LogP contribution in [0.15, 0.2) is 56.9 Å². The second-order valence-corrected chi connectivity index (χ2v) is 11.6. The zero-order valence-electron chi connectivity index (χ0n) is 20.7. The van der Waals surface area contributed by atoms with Gasteiger partial charge in [0, 0.05) is 23.5 Å². The Hall–Kier alpha value is -2.66. The van der Waals surface area contributed by atoms with Crippen molar-refractivity contribution in [3.8, 4) is 17.2 Å². The molecule has 0 atom stereocenters. The highest BCUT2D eigenvalue weighted by Gasteiger charge is 2.25. The van der Waals surface area contributed by atoms with Gasteiger partial charge in [-0.25, -0.2) is 4.98 Å². The molecule has 0 N–H and O–H groups in total. The molecule has 0 unspecified atom stereocenters. The smallest absolute Gasteiger partial charge is 0.267 e. The molecule has 0 saturated carbocycles. The van der Waals surface area contributed by atoms with Gasteiger partial charge < -0.3 is 14.4 Å². The van der Waals surface area contributed by atoms with E-state index in [0.717, 1.165) is 35.7 Å². The van der Waals surface area contributed by atoms with Gasteiger partial charge in [0.25, 0.3) is 5.56 Å². The molecule has 0 aliphatic carbocycles. The number of likely N-dealkylation sites (N-methyl/N-ethyl adjacent to an activating group) is 1. The first kappa shape index (κ1) is 26.0. The fourth-order valence-corrected chi connectivity index (χ4v) is 7.18. The number of fused-ring (bicyclic) bond motifs is 3. The molecule has 37 heavy (non-hydrogen) atoms. The van der Waals surface area contributed by atoms with Crippen LogP contribution in [0, 0.1) is 0 Å². The van der Waals surface area contributed by atoms with Crippen LogP contribution in [0.5, 0.6) is 11.5 Å². The largest absolute Gasteiger partial charge is 0.496 e. The molecular formula is C27H26BrN3O4S2. The summed E-state index contributed by atoms with van der Waals surface area (Å²) in [5.74, 6) is 1.47. The summed E-state index contributed by atoms with van der Waals surface area (Å²) in [6.45, 7) is 4.21. The SMILES string of the molecule is CCOc1ccc(-n2c(SCC(=O)c3ccc(OC)c(Br)c3)nc3sc4c(c3c2=O)CCN(C)C4)cc1. The van der Waals surface area contributed by atoms with E-state index >= 15 is 0 Å². The summed E-state index contributed by atoms with van der Waals surface area (Å²) in [6.07, 6.45) is 0.823. The van der Waals surface area contributed by atoms with Gasteiger partial charge in [0.05, 0.1) is 35.0 Å². The van der Waals surface area contributed by atoms with Gasteiger partial charge in [0.2, 0.25) is 0 Å². The number of ketones is 1. The Morgan fingerprint density at radius 3 is 2.70 bits per heavy atom. The second kappa shape index (κ2) is 11.0. The fourth-order valence-electron chi connectivity index (χ4n) is 4.39. The van der Waals surface area contributed by atoms with Crippen molar-refractivity contribution in [1.82, 2.24) is 14.5 Å². The number of methoxy groups -OCH3 is 1. The highest BCUT2D eigenvalue weighted by molar-refractivity contribution is 9.10. The van der Waals surface area contributed by atoms with Crippen molar-refractivity contribution in [2.45, 2.75) is 25.0 Å². The molecular weight excluding hydrogens is 574 g/mol. The number of aromatic nitrogens is 2. The third-order valence-corrected chi connectivity index (χ3v) is 8.92. The lowest BCUT2D eigenvalue weighted by Crippen LogP contribution is -2.27.